The van der Waals surface area contributed by atoms with Crippen molar-refractivity contribution in [2.45, 2.75) is 26.4 Å². The number of hydrogen-bond acceptors (Lipinski definition) is 3. The fraction of sp³-hybridized carbons (Fsp3) is 0.375. The molecule has 0 spiro atoms. The maximum Gasteiger partial charge on any atom is 0.251 e. The quantitative estimate of drug-likeness (QED) is 0.899. The van der Waals surface area contributed by atoms with E-state index >= 15 is 0 Å². The van der Waals surface area contributed by atoms with E-state index in [0.29, 0.717) is 11.1 Å². The van der Waals surface area contributed by atoms with Crippen LogP contribution < -0.4 is 5.32 Å². The zero-order valence-electron chi connectivity index (χ0n) is 12.8. The summed E-state index contributed by atoms with van der Waals surface area (Å²) in [6.45, 7) is 5.68. The maximum absolute atomic E-state index is 12.2. The molecule has 0 saturated heterocycles. The molecule has 0 aliphatic carbocycles. The molecule has 1 aromatic carbocycles. The highest BCUT2D eigenvalue weighted by atomic mass is 16.3. The lowest BCUT2D eigenvalue weighted by molar-refractivity contribution is 0.0525. The van der Waals surface area contributed by atoms with Gasteiger partial charge in [0, 0.05) is 24.4 Å². The molecule has 0 bridgehead atoms. The molecule has 21 heavy (non-hydrogen) atoms. The van der Waals surface area contributed by atoms with Crippen molar-refractivity contribution in [2.24, 2.45) is 7.05 Å². The molecular weight excluding hydrogens is 266 g/mol. The van der Waals surface area contributed by atoms with E-state index in [-0.39, 0.29) is 12.5 Å². The number of carbonyl (C=O) groups is 1. The van der Waals surface area contributed by atoms with Gasteiger partial charge in [-0.1, -0.05) is 17.7 Å². The summed E-state index contributed by atoms with van der Waals surface area (Å²) in [6, 6.07) is 5.67. The molecule has 0 aliphatic heterocycles. The molecule has 0 aliphatic rings. The van der Waals surface area contributed by atoms with Crippen LogP contribution in [0.4, 0.5) is 0 Å². The van der Waals surface area contributed by atoms with Crippen molar-refractivity contribution in [1.82, 2.24) is 15.1 Å². The van der Waals surface area contributed by atoms with Crippen LogP contribution in [0.3, 0.4) is 0 Å². The minimum absolute atomic E-state index is 0.130. The molecule has 2 rings (SSSR count). The topological polar surface area (TPSA) is 67.2 Å². The normalized spacial score (nSPS) is 13.8. The fourth-order valence-electron chi connectivity index (χ4n) is 2.22. The molecule has 1 aromatic heterocycles. The van der Waals surface area contributed by atoms with Gasteiger partial charge in [0.25, 0.3) is 5.91 Å². The van der Waals surface area contributed by atoms with Crippen LogP contribution in [0, 0.1) is 13.8 Å². The minimum atomic E-state index is -1.15. The largest absolute Gasteiger partial charge is 0.383 e. The summed E-state index contributed by atoms with van der Waals surface area (Å²) >= 11 is 0. The fourth-order valence-corrected chi connectivity index (χ4v) is 2.22. The molecule has 2 aromatic rings. The van der Waals surface area contributed by atoms with Gasteiger partial charge in [-0.3, -0.25) is 9.48 Å². The molecule has 5 heteroatoms. The summed E-state index contributed by atoms with van der Waals surface area (Å²) in [5.74, 6) is -0.184. The van der Waals surface area contributed by atoms with Crippen molar-refractivity contribution in [3.8, 4) is 0 Å². The smallest absolute Gasteiger partial charge is 0.251 e. The Bertz CT molecular complexity index is 659. The van der Waals surface area contributed by atoms with E-state index in [0.717, 1.165) is 11.1 Å². The van der Waals surface area contributed by atoms with Crippen molar-refractivity contribution in [1.29, 1.82) is 0 Å². The monoisotopic (exact) mass is 287 g/mol. The van der Waals surface area contributed by atoms with Crippen LogP contribution in [0.25, 0.3) is 0 Å². The lowest BCUT2D eigenvalue weighted by Gasteiger charge is -2.22. The van der Waals surface area contributed by atoms with E-state index in [9.17, 15) is 9.90 Å². The highest BCUT2D eigenvalue weighted by Gasteiger charge is 2.25. The molecule has 2 N–H and O–H groups in total. The van der Waals surface area contributed by atoms with E-state index in [4.69, 9.17) is 0 Å². The first-order chi connectivity index (χ1) is 9.79. The van der Waals surface area contributed by atoms with Crippen molar-refractivity contribution < 1.29 is 9.90 Å². The van der Waals surface area contributed by atoms with E-state index in [2.05, 4.69) is 10.4 Å². The summed E-state index contributed by atoms with van der Waals surface area (Å²) in [6.07, 6.45) is 3.34. The third-order valence-corrected chi connectivity index (χ3v) is 3.55. The van der Waals surface area contributed by atoms with Gasteiger partial charge >= 0.3 is 0 Å². The molecule has 112 valence electrons. The van der Waals surface area contributed by atoms with Crippen molar-refractivity contribution in [2.75, 3.05) is 6.54 Å². The molecule has 1 amide bonds. The second-order valence-electron chi connectivity index (χ2n) is 5.68. The van der Waals surface area contributed by atoms with Crippen LogP contribution in [0.1, 0.15) is 34.0 Å². The Kier molecular flexibility index (Phi) is 4.14. The lowest BCUT2D eigenvalue weighted by Crippen LogP contribution is -2.38. The zero-order valence-corrected chi connectivity index (χ0v) is 12.8. The Morgan fingerprint density at radius 1 is 1.43 bits per heavy atom. The van der Waals surface area contributed by atoms with Crippen molar-refractivity contribution in [3.05, 3.63) is 52.8 Å². The Labute approximate surface area is 124 Å². The van der Waals surface area contributed by atoms with Gasteiger partial charge in [0.15, 0.2) is 0 Å². The molecule has 5 nitrogen and oxygen atoms in total. The zero-order chi connectivity index (χ0) is 15.6. The van der Waals surface area contributed by atoms with Crippen LogP contribution >= 0.6 is 0 Å². The molecule has 0 fully saturated rings. The second-order valence-corrected chi connectivity index (χ2v) is 5.68. The standard InChI is InChI=1S/C16H21N3O2/c1-11-5-6-14(12(2)7-11)15(20)17-10-16(3,21)13-8-18-19(4)9-13/h5-9,21H,10H2,1-4H3,(H,17,20). The predicted molar refractivity (Wildman–Crippen MR) is 81.0 cm³/mol. The number of benzene rings is 1. The maximum atomic E-state index is 12.2. The summed E-state index contributed by atoms with van der Waals surface area (Å²) in [4.78, 5) is 12.2. The number of carbonyl (C=O) groups excluding carboxylic acids is 1. The van der Waals surface area contributed by atoms with Gasteiger partial charge in [0.05, 0.1) is 12.7 Å². The number of rotatable bonds is 4. The van der Waals surface area contributed by atoms with Gasteiger partial charge < -0.3 is 10.4 Å². The number of aromatic nitrogens is 2. The number of hydrogen-bond donors (Lipinski definition) is 2. The van der Waals surface area contributed by atoms with Gasteiger partial charge in [-0.15, -0.1) is 0 Å². The Balaban J connectivity index is 2.06. The first-order valence-electron chi connectivity index (χ1n) is 6.86. The third-order valence-electron chi connectivity index (χ3n) is 3.55. The summed E-state index contributed by atoms with van der Waals surface area (Å²) in [5, 5.41) is 17.3. The molecule has 1 atom stereocenters. The average Bonchev–Trinajstić information content (AvgIpc) is 2.84. The van der Waals surface area contributed by atoms with Gasteiger partial charge in [0.2, 0.25) is 0 Å². The molecule has 1 unspecified atom stereocenters. The number of aliphatic hydroxyl groups is 1. The van der Waals surface area contributed by atoms with E-state index < -0.39 is 5.60 Å². The molecule has 1 heterocycles. The van der Waals surface area contributed by atoms with E-state index in [1.165, 1.54) is 0 Å². The average molecular weight is 287 g/mol. The third kappa shape index (κ3) is 3.49. The predicted octanol–water partition coefficient (Wildman–Crippen LogP) is 1.67. The van der Waals surface area contributed by atoms with Crippen molar-refractivity contribution in [3.63, 3.8) is 0 Å². The first kappa shape index (κ1) is 15.3. The van der Waals surface area contributed by atoms with Crippen LogP contribution in [0.15, 0.2) is 30.6 Å². The van der Waals surface area contributed by atoms with E-state index in [1.807, 2.05) is 26.0 Å². The lowest BCUT2D eigenvalue weighted by atomic mass is 9.99. The molecular formula is C16H21N3O2. The van der Waals surface area contributed by atoms with Crippen LogP contribution in [-0.2, 0) is 12.6 Å². The number of nitrogens with zero attached hydrogens (tertiary/aromatic N) is 2. The minimum Gasteiger partial charge on any atom is -0.383 e. The summed E-state index contributed by atoms with van der Waals surface area (Å²) in [7, 11) is 1.79. The van der Waals surface area contributed by atoms with Crippen LogP contribution in [-0.4, -0.2) is 27.3 Å². The van der Waals surface area contributed by atoms with E-state index in [1.54, 1.807) is 37.1 Å². The van der Waals surface area contributed by atoms with Crippen LogP contribution in [0.2, 0.25) is 0 Å². The van der Waals surface area contributed by atoms with Gasteiger partial charge in [-0.2, -0.15) is 5.10 Å². The van der Waals surface area contributed by atoms with Crippen LogP contribution in [0.5, 0.6) is 0 Å². The number of nitrogens with one attached hydrogen (secondary N) is 1. The highest BCUT2D eigenvalue weighted by molar-refractivity contribution is 5.95. The first-order valence-corrected chi connectivity index (χ1v) is 6.86. The number of amides is 1. The molecule has 0 radical (unpaired) electrons. The Morgan fingerprint density at radius 3 is 2.71 bits per heavy atom. The van der Waals surface area contributed by atoms with Crippen molar-refractivity contribution >= 4 is 5.91 Å². The van der Waals surface area contributed by atoms with Gasteiger partial charge in [0.1, 0.15) is 5.60 Å². The van der Waals surface area contributed by atoms with Gasteiger partial charge in [-0.05, 0) is 32.4 Å². The summed E-state index contributed by atoms with van der Waals surface area (Å²) in [5.41, 5.74) is 2.19. The molecule has 0 saturated carbocycles. The number of aryl methyl sites for hydroxylation is 3. The second kappa shape index (κ2) is 5.69. The Hall–Kier alpha value is -2.14. The van der Waals surface area contributed by atoms with Gasteiger partial charge in [-0.25, -0.2) is 0 Å². The summed E-state index contributed by atoms with van der Waals surface area (Å²) < 4.78 is 1.62. The highest BCUT2D eigenvalue weighted by Crippen LogP contribution is 2.19. The Morgan fingerprint density at radius 2 is 2.14 bits per heavy atom. The SMILES string of the molecule is Cc1ccc(C(=O)NCC(C)(O)c2cnn(C)c2)c(C)c1.